The maximum atomic E-state index is 5.34. The molecule has 8 aromatic rings. The fraction of sp³-hybridized carbons (Fsp3) is 0.0500. The molecule has 2 aromatic heterocycles. The topological polar surface area (TPSA) is 46.6 Å². The summed E-state index contributed by atoms with van der Waals surface area (Å²) in [6.45, 7) is 2.11. The van der Waals surface area contributed by atoms with Crippen LogP contribution in [0, 0.1) is 6.92 Å². The molecule has 9 rings (SSSR count). The molecule has 1 aliphatic rings. The molecule has 0 saturated carbocycles. The summed E-state index contributed by atoms with van der Waals surface area (Å²) in [7, 11) is 0. The summed E-state index contributed by atoms with van der Waals surface area (Å²) in [5.74, 6) is 1.60. The molecular weight excluding hydrogens is 550 g/mol. The summed E-state index contributed by atoms with van der Waals surface area (Å²) in [5, 5.41) is 8.36. The van der Waals surface area contributed by atoms with Crippen LogP contribution in [0.5, 0.6) is 0 Å². The Balaban J connectivity index is 1.42. The normalized spacial score (nSPS) is 15.0. The van der Waals surface area contributed by atoms with Crippen molar-refractivity contribution in [3.63, 3.8) is 0 Å². The van der Waals surface area contributed by atoms with Gasteiger partial charge < -0.3 is 9.88 Å². The van der Waals surface area contributed by atoms with Crippen LogP contribution >= 0.6 is 0 Å². The summed E-state index contributed by atoms with van der Waals surface area (Å²) < 4.78 is 4.74. The predicted octanol–water partition coefficient (Wildman–Crippen LogP) is 9.15. The molecule has 0 saturated heterocycles. The number of amidine groups is 2. The average Bonchev–Trinajstić information content (AvgIpc) is 3.62. The van der Waals surface area contributed by atoms with E-state index in [1.165, 1.54) is 32.6 Å². The van der Waals surface area contributed by atoms with E-state index < -0.39 is 6.29 Å². The molecule has 214 valence electrons. The van der Waals surface area contributed by atoms with Crippen LogP contribution in [0.1, 0.15) is 23.0 Å². The van der Waals surface area contributed by atoms with Crippen molar-refractivity contribution in [1.29, 1.82) is 0 Å². The molecule has 5 nitrogen and oxygen atoms in total. The monoisotopic (exact) mass is 579 g/mol. The molecule has 0 aliphatic carbocycles. The van der Waals surface area contributed by atoms with Crippen LogP contribution in [0.4, 0.5) is 0 Å². The van der Waals surface area contributed by atoms with E-state index in [1.54, 1.807) is 0 Å². The smallest absolute Gasteiger partial charge is 0.225 e. The van der Waals surface area contributed by atoms with Gasteiger partial charge in [-0.3, -0.25) is 4.57 Å². The molecule has 1 atom stereocenters. The van der Waals surface area contributed by atoms with Gasteiger partial charge in [-0.2, -0.15) is 0 Å². The van der Waals surface area contributed by atoms with E-state index in [0.29, 0.717) is 0 Å². The first-order valence-corrected chi connectivity index (χ1v) is 15.3. The van der Waals surface area contributed by atoms with Gasteiger partial charge >= 0.3 is 0 Å². The molecule has 0 fully saturated rings. The number of benzene rings is 6. The van der Waals surface area contributed by atoms with Crippen LogP contribution in [0.2, 0.25) is 0 Å². The zero-order chi connectivity index (χ0) is 29.9. The largest absolute Gasteiger partial charge is 0.324 e. The van der Waals surface area contributed by atoms with Gasteiger partial charge in [0.05, 0.1) is 22.1 Å². The summed E-state index contributed by atoms with van der Waals surface area (Å²) in [4.78, 5) is 10.7. The Kier molecular flexibility index (Phi) is 5.72. The number of fused-ring (bicyclic) bond motifs is 7. The summed E-state index contributed by atoms with van der Waals surface area (Å²) in [5.41, 5.74) is 8.91. The second kappa shape index (κ2) is 10.1. The minimum Gasteiger partial charge on any atom is -0.324 e. The van der Waals surface area contributed by atoms with Gasteiger partial charge in [0.15, 0.2) is 0 Å². The highest BCUT2D eigenvalue weighted by atomic mass is 15.3. The molecule has 45 heavy (non-hydrogen) atoms. The van der Waals surface area contributed by atoms with Gasteiger partial charge in [0.1, 0.15) is 11.7 Å². The minimum atomic E-state index is -0.534. The first-order valence-electron chi connectivity index (χ1n) is 15.3. The first kappa shape index (κ1) is 25.5. The van der Waals surface area contributed by atoms with E-state index in [9.17, 15) is 0 Å². The Morgan fingerprint density at radius 1 is 0.489 bits per heavy atom. The Morgan fingerprint density at radius 3 is 1.71 bits per heavy atom. The van der Waals surface area contributed by atoms with Gasteiger partial charge in [-0.05, 0) is 31.2 Å². The molecule has 1 unspecified atom stereocenters. The lowest BCUT2D eigenvalue weighted by molar-refractivity contribution is 0.576. The second-order valence-electron chi connectivity index (χ2n) is 11.6. The Bertz CT molecular complexity index is 2450. The van der Waals surface area contributed by atoms with Crippen molar-refractivity contribution in [2.24, 2.45) is 9.98 Å². The van der Waals surface area contributed by atoms with Gasteiger partial charge in [-0.15, -0.1) is 0 Å². The third-order valence-electron chi connectivity index (χ3n) is 8.85. The van der Waals surface area contributed by atoms with Gasteiger partial charge in [0.25, 0.3) is 0 Å². The summed E-state index contributed by atoms with van der Waals surface area (Å²) in [6, 6.07) is 51.3. The van der Waals surface area contributed by atoms with Crippen LogP contribution in [0.3, 0.4) is 0 Å². The molecule has 6 aromatic carbocycles. The highest BCUT2D eigenvalue weighted by Gasteiger charge is 2.26. The molecule has 0 amide bonds. The Morgan fingerprint density at radius 2 is 1.02 bits per heavy atom. The lowest BCUT2D eigenvalue weighted by Crippen LogP contribution is -2.36. The molecule has 5 heteroatoms. The Hall–Kier alpha value is -5.94. The highest BCUT2D eigenvalue weighted by Crippen LogP contribution is 2.42. The maximum absolute atomic E-state index is 5.34. The highest BCUT2D eigenvalue weighted by molar-refractivity contribution is 6.23. The van der Waals surface area contributed by atoms with Crippen LogP contribution in [-0.2, 0) is 0 Å². The van der Waals surface area contributed by atoms with Crippen LogP contribution in [0.25, 0.3) is 49.3 Å². The standard InChI is InChI=1S/C40H29N5/c1-26-20-22-28(23-21-26)39-41-38(27-12-4-2-5-13-27)42-40(43-39)45-35-19-11-9-17-31(35)33-25-24-32-30-16-8-10-18-34(30)44(36(32)37(33)45)29-14-6-3-7-15-29/h2-25,40H,1H3,(H,41,42,43). The summed E-state index contributed by atoms with van der Waals surface area (Å²) in [6.07, 6.45) is -0.534. The van der Waals surface area contributed by atoms with E-state index in [1.807, 2.05) is 18.2 Å². The first-order chi connectivity index (χ1) is 22.2. The molecule has 1 N–H and O–H groups in total. The Labute approximate surface area is 260 Å². The van der Waals surface area contributed by atoms with Crippen molar-refractivity contribution in [2.45, 2.75) is 13.2 Å². The van der Waals surface area contributed by atoms with Crippen LogP contribution < -0.4 is 5.32 Å². The van der Waals surface area contributed by atoms with Crippen molar-refractivity contribution < 1.29 is 0 Å². The third-order valence-corrected chi connectivity index (χ3v) is 8.85. The number of aromatic nitrogens is 2. The lowest BCUT2D eigenvalue weighted by atomic mass is 10.1. The van der Waals surface area contributed by atoms with E-state index >= 15 is 0 Å². The van der Waals surface area contributed by atoms with Crippen molar-refractivity contribution in [1.82, 2.24) is 14.5 Å². The predicted molar refractivity (Wildman–Crippen MR) is 187 cm³/mol. The summed E-state index contributed by atoms with van der Waals surface area (Å²) >= 11 is 0. The lowest BCUT2D eigenvalue weighted by Gasteiger charge is -2.24. The van der Waals surface area contributed by atoms with E-state index in [0.717, 1.165) is 45.0 Å². The zero-order valence-corrected chi connectivity index (χ0v) is 24.7. The number of rotatable bonds is 4. The molecular formula is C40H29N5. The van der Waals surface area contributed by atoms with Gasteiger partial charge in [0, 0.05) is 38.4 Å². The zero-order valence-electron chi connectivity index (χ0n) is 24.7. The number of hydrogen-bond acceptors (Lipinski definition) is 3. The second-order valence-corrected chi connectivity index (χ2v) is 11.6. The molecule has 1 aliphatic heterocycles. The molecule has 3 heterocycles. The third kappa shape index (κ3) is 4.01. The number of nitrogens with one attached hydrogen (secondary N) is 1. The number of aliphatic imine (C=N–C) groups is 2. The number of aryl methyl sites for hydroxylation is 1. The van der Waals surface area contributed by atoms with Crippen molar-refractivity contribution in [3.05, 3.63) is 162 Å². The molecule has 0 spiro atoms. The minimum absolute atomic E-state index is 0.534. The van der Waals surface area contributed by atoms with Gasteiger partial charge in [-0.25, -0.2) is 9.98 Å². The van der Waals surface area contributed by atoms with Crippen molar-refractivity contribution >= 4 is 55.3 Å². The number of nitrogens with zero attached hydrogens (tertiary/aromatic N) is 4. The molecule has 0 radical (unpaired) electrons. The van der Waals surface area contributed by atoms with Crippen LogP contribution in [0.15, 0.2) is 156 Å². The quantitative estimate of drug-likeness (QED) is 0.222. The van der Waals surface area contributed by atoms with Gasteiger partial charge in [-0.1, -0.05) is 127 Å². The average molecular weight is 580 g/mol. The van der Waals surface area contributed by atoms with E-state index in [4.69, 9.17) is 9.98 Å². The maximum Gasteiger partial charge on any atom is 0.225 e. The van der Waals surface area contributed by atoms with Gasteiger partial charge in [0.2, 0.25) is 6.29 Å². The number of para-hydroxylation sites is 3. The van der Waals surface area contributed by atoms with E-state index in [2.05, 4.69) is 149 Å². The molecule has 0 bridgehead atoms. The van der Waals surface area contributed by atoms with E-state index in [-0.39, 0.29) is 0 Å². The SMILES string of the molecule is Cc1ccc(C2=NC(n3c4ccccc4c4ccc5c6ccccc6n(-c6ccccc6)c5c43)N=C(c3ccccc3)N2)cc1. The van der Waals surface area contributed by atoms with Crippen molar-refractivity contribution in [3.8, 4) is 5.69 Å². The fourth-order valence-corrected chi connectivity index (χ4v) is 6.77. The van der Waals surface area contributed by atoms with Crippen molar-refractivity contribution in [2.75, 3.05) is 0 Å². The fourth-order valence-electron chi connectivity index (χ4n) is 6.77. The van der Waals surface area contributed by atoms with Crippen LogP contribution in [-0.4, -0.2) is 20.8 Å². The number of hydrogen-bond donors (Lipinski definition) is 1.